The van der Waals surface area contributed by atoms with E-state index in [0.717, 1.165) is 31.7 Å². The second-order valence-electron chi connectivity index (χ2n) is 8.26. The predicted molar refractivity (Wildman–Crippen MR) is 104 cm³/mol. The zero-order chi connectivity index (χ0) is 17.6. The maximum Gasteiger partial charge on any atom is 0.223 e. The molecule has 1 aromatic carbocycles. The first kappa shape index (κ1) is 18.4. The van der Waals surface area contributed by atoms with Crippen molar-refractivity contribution in [3.8, 4) is 0 Å². The van der Waals surface area contributed by atoms with E-state index in [2.05, 4.69) is 48.3 Å². The molecule has 1 aromatic rings. The molecule has 3 rings (SSSR count). The van der Waals surface area contributed by atoms with E-state index < -0.39 is 0 Å². The summed E-state index contributed by atoms with van der Waals surface area (Å²) in [5.41, 5.74) is 2.79. The molecule has 1 saturated carbocycles. The van der Waals surface area contributed by atoms with Crippen molar-refractivity contribution < 1.29 is 4.79 Å². The SMILES string of the molecule is CC(C)N1CCC(Cc2ccc(CCNC(=O)C3CCC3)cc2)CC1. The highest BCUT2D eigenvalue weighted by atomic mass is 16.1. The highest BCUT2D eigenvalue weighted by Crippen LogP contribution is 2.26. The molecule has 0 unspecified atom stereocenters. The van der Waals surface area contributed by atoms with Gasteiger partial charge in [0.1, 0.15) is 0 Å². The van der Waals surface area contributed by atoms with E-state index in [1.165, 1.54) is 49.9 Å². The van der Waals surface area contributed by atoms with Gasteiger partial charge in [-0.3, -0.25) is 4.79 Å². The molecule has 1 saturated heterocycles. The monoisotopic (exact) mass is 342 g/mol. The second kappa shape index (κ2) is 8.84. The summed E-state index contributed by atoms with van der Waals surface area (Å²) in [5, 5.41) is 3.08. The van der Waals surface area contributed by atoms with Crippen molar-refractivity contribution in [3.05, 3.63) is 35.4 Å². The number of hydrogen-bond donors (Lipinski definition) is 1. The van der Waals surface area contributed by atoms with E-state index in [1.807, 2.05) is 0 Å². The number of piperidine rings is 1. The maximum atomic E-state index is 11.8. The number of rotatable bonds is 7. The Morgan fingerprint density at radius 2 is 1.72 bits per heavy atom. The van der Waals surface area contributed by atoms with Crippen molar-refractivity contribution in [2.45, 2.75) is 64.8 Å². The quantitative estimate of drug-likeness (QED) is 0.817. The first-order valence-electron chi connectivity index (χ1n) is 10.2. The van der Waals surface area contributed by atoms with Gasteiger partial charge >= 0.3 is 0 Å². The van der Waals surface area contributed by atoms with Gasteiger partial charge in [0.15, 0.2) is 0 Å². The lowest BCUT2D eigenvalue weighted by Gasteiger charge is -2.34. The highest BCUT2D eigenvalue weighted by Gasteiger charge is 2.24. The van der Waals surface area contributed by atoms with Crippen LogP contribution in [0.4, 0.5) is 0 Å². The molecule has 0 radical (unpaired) electrons. The number of amides is 1. The summed E-state index contributed by atoms with van der Waals surface area (Å²) in [4.78, 5) is 14.4. The van der Waals surface area contributed by atoms with Crippen LogP contribution in [0.5, 0.6) is 0 Å². The molecule has 1 aliphatic heterocycles. The third-order valence-electron chi connectivity index (χ3n) is 6.12. The van der Waals surface area contributed by atoms with Crippen LogP contribution in [-0.2, 0) is 17.6 Å². The molecule has 25 heavy (non-hydrogen) atoms. The van der Waals surface area contributed by atoms with Crippen molar-refractivity contribution in [2.75, 3.05) is 19.6 Å². The third-order valence-corrected chi connectivity index (χ3v) is 6.12. The Morgan fingerprint density at radius 3 is 2.28 bits per heavy atom. The molecule has 1 aliphatic carbocycles. The summed E-state index contributed by atoms with van der Waals surface area (Å²) < 4.78 is 0. The average Bonchev–Trinajstić information content (AvgIpc) is 2.55. The Labute approximate surface area is 153 Å². The van der Waals surface area contributed by atoms with Crippen molar-refractivity contribution in [3.63, 3.8) is 0 Å². The first-order valence-corrected chi connectivity index (χ1v) is 10.2. The number of nitrogens with zero attached hydrogens (tertiary/aromatic N) is 1. The van der Waals surface area contributed by atoms with E-state index in [4.69, 9.17) is 0 Å². The van der Waals surface area contributed by atoms with E-state index in [0.29, 0.717) is 12.0 Å². The van der Waals surface area contributed by atoms with E-state index in [1.54, 1.807) is 0 Å². The second-order valence-corrected chi connectivity index (χ2v) is 8.26. The van der Waals surface area contributed by atoms with Gasteiger partial charge in [-0.25, -0.2) is 0 Å². The average molecular weight is 343 g/mol. The summed E-state index contributed by atoms with van der Waals surface area (Å²) in [7, 11) is 0. The summed E-state index contributed by atoms with van der Waals surface area (Å²) in [5.74, 6) is 1.39. The van der Waals surface area contributed by atoms with Crippen LogP contribution in [0, 0.1) is 11.8 Å². The van der Waals surface area contributed by atoms with Crippen LogP contribution >= 0.6 is 0 Å². The fourth-order valence-corrected chi connectivity index (χ4v) is 3.99. The summed E-state index contributed by atoms with van der Waals surface area (Å²) in [6.45, 7) is 7.87. The number of benzene rings is 1. The lowest BCUT2D eigenvalue weighted by atomic mass is 9.85. The lowest BCUT2D eigenvalue weighted by Crippen LogP contribution is -2.38. The van der Waals surface area contributed by atoms with Gasteiger partial charge in [0.25, 0.3) is 0 Å². The Kier molecular flexibility index (Phi) is 6.52. The zero-order valence-electron chi connectivity index (χ0n) is 16.0. The molecule has 2 fully saturated rings. The van der Waals surface area contributed by atoms with Gasteiger partial charge in [0.2, 0.25) is 5.91 Å². The standard InChI is InChI=1S/C22H34N2O/c1-17(2)24-14-11-20(12-15-24)16-19-8-6-18(7-9-19)10-13-23-22(25)21-4-3-5-21/h6-9,17,20-21H,3-5,10-16H2,1-2H3,(H,23,25). The van der Waals surface area contributed by atoms with Crippen LogP contribution in [0.3, 0.4) is 0 Å². The Bertz CT molecular complexity index is 540. The van der Waals surface area contributed by atoms with E-state index >= 15 is 0 Å². The van der Waals surface area contributed by atoms with Crippen LogP contribution in [0.1, 0.15) is 57.1 Å². The maximum absolute atomic E-state index is 11.8. The predicted octanol–water partition coefficient (Wildman–Crippen LogP) is 3.81. The normalized spacial score (nSPS) is 19.8. The summed E-state index contributed by atoms with van der Waals surface area (Å²) in [6, 6.07) is 9.75. The molecular formula is C22H34N2O. The van der Waals surface area contributed by atoms with Crippen molar-refractivity contribution in [1.29, 1.82) is 0 Å². The number of nitrogens with one attached hydrogen (secondary N) is 1. The molecule has 1 heterocycles. The third kappa shape index (κ3) is 5.31. The molecule has 1 amide bonds. The highest BCUT2D eigenvalue weighted by molar-refractivity contribution is 5.79. The topological polar surface area (TPSA) is 32.3 Å². The molecule has 0 atom stereocenters. The van der Waals surface area contributed by atoms with Gasteiger partial charge in [-0.05, 0) is 82.5 Å². The van der Waals surface area contributed by atoms with Gasteiger partial charge in [0.05, 0.1) is 0 Å². The number of hydrogen-bond acceptors (Lipinski definition) is 2. The van der Waals surface area contributed by atoms with Crippen molar-refractivity contribution in [1.82, 2.24) is 10.2 Å². The van der Waals surface area contributed by atoms with Crippen molar-refractivity contribution in [2.24, 2.45) is 11.8 Å². The fourth-order valence-electron chi connectivity index (χ4n) is 3.99. The smallest absolute Gasteiger partial charge is 0.223 e. The van der Waals surface area contributed by atoms with Crippen LogP contribution in [0.15, 0.2) is 24.3 Å². The Morgan fingerprint density at radius 1 is 1.08 bits per heavy atom. The fraction of sp³-hybridized carbons (Fsp3) is 0.682. The molecule has 3 heteroatoms. The molecule has 0 aromatic heterocycles. The Hall–Kier alpha value is -1.35. The minimum atomic E-state index is 0.260. The van der Waals surface area contributed by atoms with Gasteiger partial charge in [-0.15, -0.1) is 0 Å². The molecule has 2 aliphatic rings. The van der Waals surface area contributed by atoms with Gasteiger partial charge in [-0.1, -0.05) is 30.7 Å². The lowest BCUT2D eigenvalue weighted by molar-refractivity contribution is -0.127. The number of carbonyl (C=O) groups excluding carboxylic acids is 1. The van der Waals surface area contributed by atoms with Gasteiger partial charge < -0.3 is 10.2 Å². The van der Waals surface area contributed by atoms with E-state index in [-0.39, 0.29) is 5.91 Å². The minimum absolute atomic E-state index is 0.260. The number of likely N-dealkylation sites (tertiary alicyclic amines) is 1. The molecule has 3 nitrogen and oxygen atoms in total. The number of carbonyl (C=O) groups is 1. The molecule has 1 N–H and O–H groups in total. The van der Waals surface area contributed by atoms with E-state index in [9.17, 15) is 4.79 Å². The summed E-state index contributed by atoms with van der Waals surface area (Å²) >= 11 is 0. The first-order chi connectivity index (χ1) is 12.1. The molecule has 138 valence electrons. The molecular weight excluding hydrogens is 308 g/mol. The molecule has 0 bridgehead atoms. The zero-order valence-corrected chi connectivity index (χ0v) is 16.0. The van der Waals surface area contributed by atoms with Crippen LogP contribution in [0.2, 0.25) is 0 Å². The largest absolute Gasteiger partial charge is 0.356 e. The van der Waals surface area contributed by atoms with Gasteiger partial charge in [0, 0.05) is 18.5 Å². The van der Waals surface area contributed by atoms with Crippen LogP contribution in [0.25, 0.3) is 0 Å². The minimum Gasteiger partial charge on any atom is -0.356 e. The summed E-state index contributed by atoms with van der Waals surface area (Å²) in [6.07, 6.45) is 8.18. The van der Waals surface area contributed by atoms with Crippen LogP contribution < -0.4 is 5.32 Å². The Balaban J connectivity index is 1.38. The van der Waals surface area contributed by atoms with Crippen molar-refractivity contribution >= 4 is 5.91 Å². The molecule has 0 spiro atoms. The van der Waals surface area contributed by atoms with Crippen LogP contribution in [-0.4, -0.2) is 36.5 Å². The van der Waals surface area contributed by atoms with Gasteiger partial charge in [-0.2, -0.15) is 0 Å².